The molecule has 1 aromatic heterocycles. The average Bonchev–Trinajstić information content (AvgIpc) is 3.09. The van der Waals surface area contributed by atoms with Crippen molar-refractivity contribution in [1.29, 1.82) is 0 Å². The lowest BCUT2D eigenvalue weighted by atomic mass is 10.2. The molecule has 0 atom stereocenters. The standard InChI is InChI=1S/C19H17ClN2O4S2/c1-12-9-14(7-8-17(12)26-2)28(24,25)22-18(23)10-13-11-27-19(21-13)15-5-3-4-6-16(15)20/h3-9,11H,10H2,1-2H3,(H,22,23). The van der Waals surface area contributed by atoms with E-state index in [4.69, 9.17) is 16.3 Å². The predicted octanol–water partition coefficient (Wildman–Crippen LogP) is 3.83. The molecule has 28 heavy (non-hydrogen) atoms. The molecule has 3 aromatic rings. The van der Waals surface area contributed by atoms with Crippen molar-refractivity contribution < 1.29 is 17.9 Å². The SMILES string of the molecule is COc1ccc(S(=O)(=O)NC(=O)Cc2csc(-c3ccccc3Cl)n2)cc1C. The van der Waals surface area contributed by atoms with E-state index in [9.17, 15) is 13.2 Å². The first-order valence-corrected chi connectivity index (χ1v) is 10.9. The highest BCUT2D eigenvalue weighted by atomic mass is 35.5. The van der Waals surface area contributed by atoms with E-state index in [-0.39, 0.29) is 11.3 Å². The third-order valence-corrected chi connectivity index (χ3v) is 6.55. The summed E-state index contributed by atoms with van der Waals surface area (Å²) in [6.07, 6.45) is -0.157. The molecule has 6 nitrogen and oxygen atoms in total. The summed E-state index contributed by atoms with van der Waals surface area (Å²) in [5.74, 6) is -0.0932. The third-order valence-electron chi connectivity index (χ3n) is 3.92. The van der Waals surface area contributed by atoms with E-state index >= 15 is 0 Å². The van der Waals surface area contributed by atoms with E-state index < -0.39 is 15.9 Å². The van der Waals surface area contributed by atoms with E-state index in [1.54, 1.807) is 24.4 Å². The Hall–Kier alpha value is -2.42. The smallest absolute Gasteiger partial charge is 0.264 e. The summed E-state index contributed by atoms with van der Waals surface area (Å²) in [7, 11) is -2.48. The Morgan fingerprint density at radius 2 is 2.00 bits per heavy atom. The van der Waals surface area contributed by atoms with Gasteiger partial charge in [0.15, 0.2) is 0 Å². The monoisotopic (exact) mass is 436 g/mol. The lowest BCUT2D eigenvalue weighted by molar-refractivity contribution is -0.118. The van der Waals surface area contributed by atoms with Crippen molar-refractivity contribution in [2.45, 2.75) is 18.2 Å². The number of carbonyl (C=O) groups excluding carboxylic acids is 1. The Morgan fingerprint density at radius 1 is 1.25 bits per heavy atom. The third kappa shape index (κ3) is 4.52. The van der Waals surface area contributed by atoms with Crippen LogP contribution < -0.4 is 9.46 Å². The topological polar surface area (TPSA) is 85.4 Å². The zero-order valence-electron chi connectivity index (χ0n) is 15.1. The second kappa shape index (κ2) is 8.30. The van der Waals surface area contributed by atoms with Gasteiger partial charge in [-0.15, -0.1) is 11.3 Å². The number of benzene rings is 2. The van der Waals surface area contributed by atoms with Gasteiger partial charge in [0.1, 0.15) is 10.8 Å². The van der Waals surface area contributed by atoms with Crippen LogP contribution >= 0.6 is 22.9 Å². The molecule has 0 radical (unpaired) electrons. The number of aryl methyl sites for hydroxylation is 1. The zero-order chi connectivity index (χ0) is 20.3. The van der Waals surface area contributed by atoms with Crippen molar-refractivity contribution in [2.75, 3.05) is 7.11 Å². The number of ether oxygens (including phenoxy) is 1. The fourth-order valence-corrected chi connectivity index (χ4v) is 4.78. The minimum atomic E-state index is -3.98. The Morgan fingerprint density at radius 3 is 2.68 bits per heavy atom. The number of carbonyl (C=O) groups is 1. The molecule has 0 saturated heterocycles. The van der Waals surface area contributed by atoms with Crippen molar-refractivity contribution in [3.63, 3.8) is 0 Å². The Balaban J connectivity index is 1.72. The van der Waals surface area contributed by atoms with Gasteiger partial charge >= 0.3 is 0 Å². The molecule has 3 rings (SSSR count). The van der Waals surface area contributed by atoms with Gasteiger partial charge in [0.05, 0.1) is 29.1 Å². The first kappa shape index (κ1) is 20.3. The molecule has 0 aliphatic heterocycles. The van der Waals surface area contributed by atoms with Crippen LogP contribution in [0.5, 0.6) is 5.75 Å². The van der Waals surface area contributed by atoms with Crippen LogP contribution in [0.15, 0.2) is 52.7 Å². The maximum absolute atomic E-state index is 12.4. The van der Waals surface area contributed by atoms with E-state index in [0.717, 1.165) is 5.56 Å². The number of sulfonamides is 1. The van der Waals surface area contributed by atoms with Crippen LogP contribution in [0.25, 0.3) is 10.6 Å². The maximum Gasteiger partial charge on any atom is 0.264 e. The molecule has 0 saturated carbocycles. The largest absolute Gasteiger partial charge is 0.496 e. The molecule has 146 valence electrons. The first-order chi connectivity index (χ1) is 13.3. The van der Waals surface area contributed by atoms with Crippen LogP contribution in [0.1, 0.15) is 11.3 Å². The minimum Gasteiger partial charge on any atom is -0.496 e. The molecule has 0 fully saturated rings. The number of nitrogens with zero attached hydrogens (tertiary/aromatic N) is 1. The lowest BCUT2D eigenvalue weighted by Crippen LogP contribution is -2.31. The number of halogens is 1. The molecule has 9 heteroatoms. The summed E-state index contributed by atoms with van der Waals surface area (Å²) in [5.41, 5.74) is 1.89. The van der Waals surface area contributed by atoms with Gasteiger partial charge in [0.25, 0.3) is 10.0 Å². The summed E-state index contributed by atoms with van der Waals surface area (Å²) in [6.45, 7) is 1.73. The molecular weight excluding hydrogens is 420 g/mol. The number of rotatable bonds is 6. The molecule has 0 bridgehead atoms. The summed E-state index contributed by atoms with van der Waals surface area (Å²) in [6, 6.07) is 11.6. The average molecular weight is 437 g/mol. The van der Waals surface area contributed by atoms with Crippen molar-refractivity contribution in [3.05, 3.63) is 64.1 Å². The Kier molecular flexibility index (Phi) is 6.02. The number of hydrogen-bond donors (Lipinski definition) is 1. The highest BCUT2D eigenvalue weighted by molar-refractivity contribution is 7.90. The van der Waals surface area contributed by atoms with Gasteiger partial charge < -0.3 is 4.74 Å². The van der Waals surface area contributed by atoms with Crippen LogP contribution in [-0.4, -0.2) is 26.4 Å². The second-order valence-corrected chi connectivity index (χ2v) is 8.91. The van der Waals surface area contributed by atoms with Crippen LogP contribution in [0, 0.1) is 6.92 Å². The predicted molar refractivity (Wildman–Crippen MR) is 109 cm³/mol. The first-order valence-electron chi connectivity index (χ1n) is 8.20. The van der Waals surface area contributed by atoms with Gasteiger partial charge in [-0.25, -0.2) is 18.1 Å². The van der Waals surface area contributed by atoms with E-state index in [1.165, 1.54) is 30.6 Å². The van der Waals surface area contributed by atoms with Gasteiger partial charge in [-0.2, -0.15) is 0 Å². The van der Waals surface area contributed by atoms with E-state index in [1.807, 2.05) is 18.2 Å². The molecule has 2 aromatic carbocycles. The summed E-state index contributed by atoms with van der Waals surface area (Å²) >= 11 is 7.50. The highest BCUT2D eigenvalue weighted by Crippen LogP contribution is 2.30. The quantitative estimate of drug-likeness (QED) is 0.634. The minimum absolute atomic E-state index is 0.00538. The molecule has 1 heterocycles. The Labute approximate surface area is 172 Å². The second-order valence-electron chi connectivity index (χ2n) is 5.96. The normalized spacial score (nSPS) is 11.2. The van der Waals surface area contributed by atoms with Crippen molar-refractivity contribution in [3.8, 4) is 16.3 Å². The van der Waals surface area contributed by atoms with Crippen LogP contribution in [0.4, 0.5) is 0 Å². The van der Waals surface area contributed by atoms with Crippen molar-refractivity contribution >= 4 is 38.9 Å². The van der Waals surface area contributed by atoms with Crippen LogP contribution in [0.2, 0.25) is 5.02 Å². The molecule has 0 unspecified atom stereocenters. The fourth-order valence-electron chi connectivity index (χ4n) is 2.57. The molecular formula is C19H17ClN2O4S2. The molecule has 0 spiro atoms. The summed E-state index contributed by atoms with van der Waals surface area (Å²) in [5, 5.41) is 2.94. The number of methoxy groups -OCH3 is 1. The van der Waals surface area contributed by atoms with Crippen molar-refractivity contribution in [2.24, 2.45) is 0 Å². The lowest BCUT2D eigenvalue weighted by Gasteiger charge is -2.09. The van der Waals surface area contributed by atoms with Crippen LogP contribution in [-0.2, 0) is 21.2 Å². The zero-order valence-corrected chi connectivity index (χ0v) is 17.5. The van der Waals surface area contributed by atoms with Crippen molar-refractivity contribution in [1.82, 2.24) is 9.71 Å². The van der Waals surface area contributed by atoms with Crippen LogP contribution in [0.3, 0.4) is 0 Å². The van der Waals surface area contributed by atoms with Gasteiger partial charge in [-0.3, -0.25) is 4.79 Å². The van der Waals surface area contributed by atoms with E-state index in [0.29, 0.717) is 27.0 Å². The maximum atomic E-state index is 12.4. The number of hydrogen-bond acceptors (Lipinski definition) is 6. The highest BCUT2D eigenvalue weighted by Gasteiger charge is 2.20. The molecule has 0 aliphatic rings. The Bertz CT molecular complexity index is 1130. The van der Waals surface area contributed by atoms with E-state index in [2.05, 4.69) is 9.71 Å². The number of amides is 1. The molecule has 0 aliphatic carbocycles. The number of aromatic nitrogens is 1. The molecule has 1 amide bonds. The molecule has 1 N–H and O–H groups in total. The summed E-state index contributed by atoms with van der Waals surface area (Å²) in [4.78, 5) is 16.6. The van der Waals surface area contributed by atoms with Gasteiger partial charge in [-0.1, -0.05) is 29.8 Å². The van der Waals surface area contributed by atoms with Gasteiger partial charge in [-0.05, 0) is 36.8 Å². The summed E-state index contributed by atoms with van der Waals surface area (Å²) < 4.78 is 32.1. The fraction of sp³-hybridized carbons (Fsp3) is 0.158. The van der Waals surface area contributed by atoms with Gasteiger partial charge in [0, 0.05) is 10.9 Å². The number of thiazole rings is 1. The van der Waals surface area contributed by atoms with Gasteiger partial charge in [0.2, 0.25) is 5.91 Å². The number of nitrogens with one attached hydrogen (secondary N) is 1.